The van der Waals surface area contributed by atoms with Crippen molar-refractivity contribution >= 4 is 147 Å². The molecule has 1 aliphatic heterocycles. The zero-order valence-electron chi connectivity index (χ0n) is 34.4. The van der Waals surface area contributed by atoms with Gasteiger partial charge < -0.3 is 23.7 Å². The minimum Gasteiger partial charge on any atom is -0.496 e. The number of methoxy groups -OCH3 is 4. The summed E-state index contributed by atoms with van der Waals surface area (Å²) in [5.41, 5.74) is 2.47. The number of fused-ring (bicyclic) bond motifs is 10. The first-order valence-corrected chi connectivity index (χ1v) is 20.9. The van der Waals surface area contributed by atoms with Gasteiger partial charge in [0, 0.05) is 48.5 Å². The minimum atomic E-state index is -0.710. The van der Waals surface area contributed by atoms with Crippen LogP contribution in [0, 0.1) is 0 Å². The number of esters is 2. The highest BCUT2D eigenvalue weighted by atomic mass is 16.6. The van der Waals surface area contributed by atoms with Crippen molar-refractivity contribution in [1.29, 1.82) is 0 Å². The second kappa shape index (κ2) is 11.1. The standard InChI is InChI=1S/C54H28N2O8/c1-60-35-17-29-43-30(52(57)56-34-8-6-5-7-33(34)55-51(29)56)18-36(61-2)46-26-14-10-22-24-12-16-28-42-27(15-11-23(40(24)42)21-9-13-25(41(26)39(21)22)45(35)49(43)46)47-37(62-3)19-31-44-32(54(59)64-53(31)58)20-38(63-4)48(28)50(44)47/h5-20H,1-4H3. The van der Waals surface area contributed by atoms with Gasteiger partial charge in [-0.2, -0.15) is 0 Å². The van der Waals surface area contributed by atoms with Gasteiger partial charge >= 0.3 is 11.9 Å². The number of ether oxygens (including phenoxy) is 5. The molecule has 1 aliphatic rings. The van der Waals surface area contributed by atoms with Gasteiger partial charge in [0.1, 0.15) is 28.6 Å². The number of nitrogens with zero attached hydrogens (tertiary/aromatic N) is 2. The Morgan fingerprint density at radius 2 is 0.797 bits per heavy atom. The summed E-state index contributed by atoms with van der Waals surface area (Å²) in [6, 6.07) is 32.4. The number of cyclic esters (lactones) is 2. The summed E-state index contributed by atoms with van der Waals surface area (Å²) in [7, 11) is 6.53. The quantitative estimate of drug-likeness (QED) is 0.0740. The van der Waals surface area contributed by atoms with E-state index in [1.807, 2.05) is 36.4 Å². The molecule has 0 radical (unpaired) electrons. The predicted octanol–water partition coefficient (Wildman–Crippen LogP) is 11.6. The van der Waals surface area contributed by atoms with Gasteiger partial charge in [-0.05, 0) is 101 Å². The average molecular weight is 833 g/mol. The Hall–Kier alpha value is -8.50. The van der Waals surface area contributed by atoms with Crippen LogP contribution >= 0.6 is 0 Å². The monoisotopic (exact) mass is 832 g/mol. The van der Waals surface area contributed by atoms with E-state index in [0.29, 0.717) is 39.4 Å². The lowest BCUT2D eigenvalue weighted by molar-refractivity contribution is 0.0390. The summed E-state index contributed by atoms with van der Waals surface area (Å²) in [5, 5.41) is 20.2. The molecule has 0 atom stereocenters. The van der Waals surface area contributed by atoms with Crippen LogP contribution in [0.1, 0.15) is 20.7 Å². The molecule has 2 aromatic heterocycles. The fraction of sp³-hybridized carbons (Fsp3) is 0.0741. The lowest BCUT2D eigenvalue weighted by Gasteiger charge is -2.25. The third-order valence-electron chi connectivity index (χ3n) is 14.4. The molecular formula is C54H28N2O8. The van der Waals surface area contributed by atoms with E-state index in [1.54, 1.807) is 45.0 Å². The minimum absolute atomic E-state index is 0.154. The molecule has 64 heavy (non-hydrogen) atoms. The molecule has 302 valence electrons. The lowest BCUT2D eigenvalue weighted by Crippen LogP contribution is -2.20. The highest BCUT2D eigenvalue weighted by Crippen LogP contribution is 2.56. The molecule has 3 heterocycles. The molecule has 0 amide bonds. The largest absolute Gasteiger partial charge is 0.496 e. The Balaban J connectivity index is 1.15. The van der Waals surface area contributed by atoms with Crippen LogP contribution in [0.3, 0.4) is 0 Å². The summed E-state index contributed by atoms with van der Waals surface area (Å²) >= 11 is 0. The van der Waals surface area contributed by atoms with Crippen molar-refractivity contribution in [2.75, 3.05) is 28.4 Å². The molecule has 0 unspecified atom stereocenters. The number of imidazole rings is 1. The number of pyridine rings is 1. The van der Waals surface area contributed by atoms with Crippen molar-refractivity contribution in [3.8, 4) is 23.0 Å². The maximum Gasteiger partial charge on any atom is 0.346 e. The Morgan fingerprint density at radius 3 is 1.28 bits per heavy atom. The van der Waals surface area contributed by atoms with Crippen LogP contribution in [-0.2, 0) is 4.74 Å². The summed E-state index contributed by atoms with van der Waals surface area (Å²) in [5.74, 6) is 0.847. The molecule has 0 N–H and O–H groups in total. The lowest BCUT2D eigenvalue weighted by atomic mass is 9.80. The third kappa shape index (κ3) is 3.60. The van der Waals surface area contributed by atoms with Gasteiger partial charge in [-0.1, -0.05) is 60.7 Å². The number of carbonyl (C=O) groups is 2. The van der Waals surface area contributed by atoms with Gasteiger partial charge in [-0.25, -0.2) is 14.6 Å². The first kappa shape index (κ1) is 34.1. The number of rotatable bonds is 4. The van der Waals surface area contributed by atoms with Crippen LogP contribution in [0.15, 0.2) is 102 Å². The fourth-order valence-corrected chi connectivity index (χ4v) is 12.0. The zero-order chi connectivity index (χ0) is 42.8. The molecule has 12 aromatic carbocycles. The normalized spacial score (nSPS) is 13.6. The first-order valence-electron chi connectivity index (χ1n) is 20.9. The first-order chi connectivity index (χ1) is 31.3. The molecule has 0 bridgehead atoms. The van der Waals surface area contributed by atoms with Crippen LogP contribution < -0.4 is 24.5 Å². The number of hydrogen-bond acceptors (Lipinski definition) is 9. The van der Waals surface area contributed by atoms with E-state index < -0.39 is 11.9 Å². The van der Waals surface area contributed by atoms with Crippen molar-refractivity contribution in [1.82, 2.24) is 9.38 Å². The maximum atomic E-state index is 14.6. The van der Waals surface area contributed by atoms with E-state index in [1.165, 1.54) is 0 Å². The molecule has 0 saturated carbocycles. The second-order valence-corrected chi connectivity index (χ2v) is 16.9. The highest BCUT2D eigenvalue weighted by molar-refractivity contribution is 6.48. The van der Waals surface area contributed by atoms with Gasteiger partial charge in [-0.3, -0.25) is 9.20 Å². The fourth-order valence-electron chi connectivity index (χ4n) is 12.0. The predicted molar refractivity (Wildman–Crippen MR) is 252 cm³/mol. The summed E-state index contributed by atoms with van der Waals surface area (Å²) in [4.78, 5) is 46.1. The van der Waals surface area contributed by atoms with Crippen molar-refractivity contribution in [3.05, 3.63) is 119 Å². The van der Waals surface area contributed by atoms with E-state index >= 15 is 0 Å². The summed E-state index contributed by atoms with van der Waals surface area (Å²) < 4.78 is 31.6. The van der Waals surface area contributed by atoms with Crippen LogP contribution in [0.4, 0.5) is 0 Å². The zero-order valence-corrected chi connectivity index (χ0v) is 34.4. The Bertz CT molecular complexity index is 4450. The highest BCUT2D eigenvalue weighted by Gasteiger charge is 2.34. The molecule has 0 aliphatic carbocycles. The number of benzene rings is 12. The van der Waals surface area contributed by atoms with Gasteiger partial charge in [-0.15, -0.1) is 0 Å². The Morgan fingerprint density at radius 1 is 0.406 bits per heavy atom. The number of aromatic nitrogens is 2. The average Bonchev–Trinajstić information content (AvgIpc) is 3.73. The molecule has 0 fully saturated rings. The summed E-state index contributed by atoms with van der Waals surface area (Å²) in [6.45, 7) is 0. The Labute approximate surface area is 358 Å². The van der Waals surface area contributed by atoms with Crippen molar-refractivity contribution in [2.24, 2.45) is 0 Å². The molecule has 0 spiro atoms. The molecule has 15 rings (SSSR count). The van der Waals surface area contributed by atoms with E-state index in [4.69, 9.17) is 28.7 Å². The van der Waals surface area contributed by atoms with E-state index in [9.17, 15) is 14.4 Å². The molecular weight excluding hydrogens is 805 g/mol. The maximum absolute atomic E-state index is 14.6. The molecule has 10 nitrogen and oxygen atoms in total. The SMILES string of the molecule is COc1cc2c3c(cc(OC)c4c5ccc6c7ccc8c9c(OC)cc%10c%11c(cc(OC)c(c%12ccc(c%13ccc(c1c34)c5c%136)c7c%128)c9%11)c(=O)n1c3ccccc3nc%101)C(=O)OC2=O. The van der Waals surface area contributed by atoms with Crippen LogP contribution in [0.5, 0.6) is 23.0 Å². The van der Waals surface area contributed by atoms with Gasteiger partial charge in [0.25, 0.3) is 5.56 Å². The topological polar surface area (TPSA) is 115 Å². The number of hydrogen-bond donors (Lipinski definition) is 0. The smallest absolute Gasteiger partial charge is 0.346 e. The van der Waals surface area contributed by atoms with Gasteiger partial charge in [0.05, 0.1) is 56.0 Å². The third-order valence-corrected chi connectivity index (χ3v) is 14.4. The number of para-hydroxylation sites is 2. The molecule has 0 saturated heterocycles. The summed E-state index contributed by atoms with van der Waals surface area (Å²) in [6.07, 6.45) is 0. The Kier molecular flexibility index (Phi) is 5.92. The second-order valence-electron chi connectivity index (χ2n) is 16.9. The van der Waals surface area contributed by atoms with Gasteiger partial charge in [0.15, 0.2) is 0 Å². The van der Waals surface area contributed by atoms with Crippen molar-refractivity contribution < 1.29 is 33.3 Å². The molecule has 14 aromatic rings. The molecule has 10 heteroatoms. The van der Waals surface area contributed by atoms with Crippen LogP contribution in [0.2, 0.25) is 0 Å². The van der Waals surface area contributed by atoms with E-state index in [0.717, 1.165) is 119 Å². The van der Waals surface area contributed by atoms with Gasteiger partial charge in [0.2, 0.25) is 0 Å². The van der Waals surface area contributed by atoms with E-state index in [-0.39, 0.29) is 16.7 Å². The number of carbonyl (C=O) groups excluding carboxylic acids is 2. The van der Waals surface area contributed by atoms with Crippen molar-refractivity contribution in [3.63, 3.8) is 0 Å². The van der Waals surface area contributed by atoms with Crippen LogP contribution in [-0.4, -0.2) is 49.8 Å². The van der Waals surface area contributed by atoms with Crippen LogP contribution in [0.25, 0.3) is 135 Å². The van der Waals surface area contributed by atoms with Crippen molar-refractivity contribution in [2.45, 2.75) is 0 Å². The van der Waals surface area contributed by atoms with E-state index in [2.05, 4.69) is 48.5 Å².